The molecule has 0 fully saturated rings. The number of para-hydroxylation sites is 1. The van der Waals surface area contributed by atoms with Crippen molar-refractivity contribution >= 4 is 23.8 Å². The Hall–Kier alpha value is -2.45. The maximum atomic E-state index is 12.7. The molecule has 0 aliphatic heterocycles. The number of hydrogen-bond acceptors (Lipinski definition) is 5. The molecule has 1 N–H and O–H groups in total. The van der Waals surface area contributed by atoms with Crippen molar-refractivity contribution in [1.82, 2.24) is 0 Å². The van der Waals surface area contributed by atoms with Crippen LogP contribution in [0.15, 0.2) is 48.5 Å². The van der Waals surface area contributed by atoms with Gasteiger partial charge in [-0.15, -0.1) is 26.3 Å². The van der Waals surface area contributed by atoms with Crippen molar-refractivity contribution in [2.24, 2.45) is 0 Å². The zero-order valence-corrected chi connectivity index (χ0v) is 17.7. The molecule has 2 rings (SSSR count). The Morgan fingerprint density at radius 2 is 1.47 bits per heavy atom. The highest BCUT2D eigenvalue weighted by Gasteiger charge is 2.33. The molecule has 0 bridgehead atoms. The lowest BCUT2D eigenvalue weighted by Crippen LogP contribution is -2.24. The summed E-state index contributed by atoms with van der Waals surface area (Å²) in [6.45, 7) is 0.807. The van der Waals surface area contributed by atoms with Gasteiger partial charge >= 0.3 is 12.7 Å². The van der Waals surface area contributed by atoms with Gasteiger partial charge in [0.25, 0.3) is 0 Å². The lowest BCUT2D eigenvalue weighted by Gasteiger charge is -2.15. The molecule has 1 unspecified atom stereocenters. The quantitative estimate of drug-likeness (QED) is 0.458. The van der Waals surface area contributed by atoms with Crippen LogP contribution in [0.4, 0.5) is 26.3 Å². The van der Waals surface area contributed by atoms with Crippen molar-refractivity contribution in [2.75, 3.05) is 0 Å². The average molecular weight is 506 g/mol. The van der Waals surface area contributed by atoms with Gasteiger partial charge in [-0.1, -0.05) is 30.3 Å². The Balaban J connectivity index is 2.35. The average Bonchev–Trinajstić information content (AvgIpc) is 2.60. The van der Waals surface area contributed by atoms with E-state index in [9.17, 15) is 43.5 Å². The molecular formula is C18H16F6O6S2. The summed E-state index contributed by atoms with van der Waals surface area (Å²) in [7, 11) is -8.90. The highest BCUT2D eigenvalue weighted by atomic mass is 32.3. The molecule has 178 valence electrons. The third-order valence-electron chi connectivity index (χ3n) is 3.93. The van der Waals surface area contributed by atoms with Gasteiger partial charge in [-0.3, -0.25) is 0 Å². The van der Waals surface area contributed by atoms with Crippen molar-refractivity contribution in [3.8, 4) is 11.5 Å². The summed E-state index contributed by atoms with van der Waals surface area (Å²) >= 11 is 0. The van der Waals surface area contributed by atoms with Crippen molar-refractivity contribution in [3.05, 3.63) is 59.7 Å². The van der Waals surface area contributed by atoms with Gasteiger partial charge in [0.15, 0.2) is 9.84 Å². The molecule has 0 spiro atoms. The fourth-order valence-corrected chi connectivity index (χ4v) is 6.14. The molecular weight excluding hydrogens is 490 g/mol. The zero-order valence-electron chi connectivity index (χ0n) is 16.1. The van der Waals surface area contributed by atoms with Crippen LogP contribution < -0.4 is 9.47 Å². The van der Waals surface area contributed by atoms with Crippen molar-refractivity contribution in [1.29, 1.82) is 0 Å². The highest BCUT2D eigenvalue weighted by molar-refractivity contribution is 8.21. The van der Waals surface area contributed by atoms with Crippen LogP contribution in [0.1, 0.15) is 18.1 Å². The Labute approximate surface area is 179 Å². The molecule has 2 aromatic rings. The summed E-state index contributed by atoms with van der Waals surface area (Å²) < 4.78 is 129. The monoisotopic (exact) mass is 506 g/mol. The summed E-state index contributed by atoms with van der Waals surface area (Å²) in [4.78, 5) is 0. The fourth-order valence-electron chi connectivity index (χ4n) is 2.51. The van der Waals surface area contributed by atoms with Crippen molar-refractivity contribution < 1.29 is 53.0 Å². The number of ether oxygens (including phenoxy) is 2. The minimum absolute atomic E-state index is 0.165. The third kappa shape index (κ3) is 7.60. The molecule has 0 aliphatic carbocycles. The lowest BCUT2D eigenvalue weighted by atomic mass is 10.2. The van der Waals surface area contributed by atoms with E-state index in [0.717, 1.165) is 37.3 Å². The first-order chi connectivity index (χ1) is 14.5. The van der Waals surface area contributed by atoms with Crippen LogP contribution in [0.5, 0.6) is 11.5 Å². The van der Waals surface area contributed by atoms with Crippen molar-refractivity contribution in [3.63, 3.8) is 0 Å². The number of benzene rings is 2. The number of rotatable bonds is 6. The lowest BCUT2D eigenvalue weighted by molar-refractivity contribution is -0.275. The molecule has 6 nitrogen and oxygen atoms in total. The van der Waals surface area contributed by atoms with E-state index < -0.39 is 59.6 Å². The zero-order chi connectivity index (χ0) is 24.4. The summed E-state index contributed by atoms with van der Waals surface area (Å²) in [5.41, 5.74) is -0.533. The Bertz CT molecular complexity index is 1190. The molecule has 2 aromatic carbocycles. The maximum absolute atomic E-state index is 12.7. The molecule has 0 amide bonds. The van der Waals surface area contributed by atoms with E-state index >= 15 is 0 Å². The van der Waals surface area contributed by atoms with E-state index in [2.05, 4.69) is 9.47 Å². The molecule has 0 aliphatic rings. The van der Waals surface area contributed by atoms with Gasteiger partial charge in [0, 0.05) is 5.56 Å². The molecule has 0 radical (unpaired) electrons. The van der Waals surface area contributed by atoms with E-state index in [1.807, 2.05) is 0 Å². The van der Waals surface area contributed by atoms with Crippen LogP contribution in [0.25, 0.3) is 0 Å². The van der Waals surface area contributed by atoms with Gasteiger partial charge in [0.05, 0.1) is 21.3 Å². The highest BCUT2D eigenvalue weighted by Crippen LogP contribution is 2.28. The first-order valence-corrected chi connectivity index (χ1v) is 11.8. The van der Waals surface area contributed by atoms with Crippen LogP contribution in [0.2, 0.25) is 0 Å². The number of halogens is 6. The van der Waals surface area contributed by atoms with E-state index in [0.29, 0.717) is 0 Å². The van der Waals surface area contributed by atoms with Crippen molar-refractivity contribution in [2.45, 2.75) is 31.2 Å². The third-order valence-corrected chi connectivity index (χ3v) is 8.66. The van der Waals surface area contributed by atoms with Gasteiger partial charge in [0.2, 0.25) is 0 Å². The number of sulfone groups is 1. The van der Waals surface area contributed by atoms with Gasteiger partial charge in [0.1, 0.15) is 15.7 Å². The summed E-state index contributed by atoms with van der Waals surface area (Å²) in [6.07, 6.45) is -10.1. The summed E-state index contributed by atoms with van der Waals surface area (Å²) in [6, 6.07) is 8.42. The molecule has 1 atom stereocenters. The minimum Gasteiger partial charge on any atom is -0.406 e. The Morgan fingerprint density at radius 1 is 0.875 bits per heavy atom. The Morgan fingerprint density at radius 3 is 2.06 bits per heavy atom. The van der Waals surface area contributed by atoms with Crippen LogP contribution >= 0.6 is 0 Å². The van der Waals surface area contributed by atoms with E-state index in [1.54, 1.807) is 0 Å². The first kappa shape index (κ1) is 25.8. The topological polar surface area (TPSA) is 89.9 Å². The molecule has 32 heavy (non-hydrogen) atoms. The minimum atomic E-state index is -5.08. The first-order valence-electron chi connectivity index (χ1n) is 8.47. The number of alkyl halides is 6. The van der Waals surface area contributed by atoms with E-state index in [4.69, 9.17) is 0 Å². The second kappa shape index (κ2) is 9.19. The van der Waals surface area contributed by atoms with Gasteiger partial charge in [-0.25, -0.2) is 12.6 Å². The van der Waals surface area contributed by atoms with Gasteiger partial charge < -0.3 is 14.0 Å². The second-order valence-corrected chi connectivity index (χ2v) is 11.0. The summed E-state index contributed by atoms with van der Waals surface area (Å²) in [5, 5.41) is 0. The SMILES string of the molecule is CC(S(=O)(=O)Cc1cccc(OC(F)(F)F)c1)=S(=O)(O)Cc1ccccc1OC(F)(F)F. The predicted octanol–water partition coefficient (Wildman–Crippen LogP) is 4.51. The molecule has 14 heteroatoms. The Kier molecular flexibility index (Phi) is 7.41. The molecule has 0 aromatic heterocycles. The number of hydrogen-bond donors (Lipinski definition) is 1. The maximum Gasteiger partial charge on any atom is 0.573 e. The molecule has 0 heterocycles. The van der Waals surface area contributed by atoms with Crippen LogP contribution in [-0.4, -0.2) is 34.1 Å². The fraction of sp³-hybridized carbons (Fsp3) is 0.278. The van der Waals surface area contributed by atoms with Crippen LogP contribution in [-0.2, 0) is 31.1 Å². The molecule has 0 saturated carbocycles. The standard InChI is InChI=1S/C18H16F6O6S2/c1-12(31(25,26)10-13-5-4-7-15(9-13)29-17(19,20)21)32(27,28)11-14-6-2-3-8-16(14)30-18(22,23)24/h2-9H,10-11H2,1H3,(H,27,28). The van der Waals surface area contributed by atoms with Gasteiger partial charge in [-0.2, -0.15) is 0 Å². The van der Waals surface area contributed by atoms with E-state index in [-0.39, 0.29) is 11.1 Å². The van der Waals surface area contributed by atoms with Crippen LogP contribution in [0, 0.1) is 0 Å². The normalized spacial score (nSPS) is 14.5. The smallest absolute Gasteiger partial charge is 0.406 e. The summed E-state index contributed by atoms with van der Waals surface area (Å²) in [5.74, 6) is -3.40. The molecule has 0 saturated heterocycles. The second-order valence-electron chi connectivity index (χ2n) is 6.39. The predicted molar refractivity (Wildman–Crippen MR) is 104 cm³/mol. The largest absolute Gasteiger partial charge is 0.573 e. The van der Waals surface area contributed by atoms with Gasteiger partial charge in [-0.05, 0) is 30.7 Å². The van der Waals surface area contributed by atoms with E-state index in [1.165, 1.54) is 18.2 Å². The van der Waals surface area contributed by atoms with Crippen LogP contribution in [0.3, 0.4) is 0 Å².